The van der Waals surface area contributed by atoms with Crippen LogP contribution in [0.5, 0.6) is 0 Å². The largest absolute Gasteiger partial charge is 1.00 e. The molecule has 0 aliphatic rings. The molecule has 0 rings (SSSR count). The molecule has 2 atom stereocenters. The predicted octanol–water partition coefficient (Wildman–Crippen LogP) is 4.11. The Balaban J connectivity index is 0. The van der Waals surface area contributed by atoms with E-state index < -0.39 is 15.4 Å². The Hall–Kier alpha value is 1.51. The SMILES string of the molecule is CCCCCCCCCCCCCCC(CCCCCCCC(C)O)S(=O)(=O)[O-].[K+]. The average molecular weight is 473 g/mol. The summed E-state index contributed by atoms with van der Waals surface area (Å²) >= 11 is 0. The number of aliphatic hydroxyl groups is 1. The van der Waals surface area contributed by atoms with Gasteiger partial charge in [-0.25, -0.2) is 8.42 Å². The van der Waals surface area contributed by atoms with Crippen molar-refractivity contribution in [2.24, 2.45) is 0 Å². The maximum atomic E-state index is 11.5. The first-order chi connectivity index (χ1) is 13.9. The number of unbranched alkanes of at least 4 members (excludes halogenated alkanes) is 15. The maximum Gasteiger partial charge on any atom is 1.00 e. The summed E-state index contributed by atoms with van der Waals surface area (Å²) in [5.41, 5.74) is 0. The minimum Gasteiger partial charge on any atom is -0.748 e. The molecule has 0 aromatic heterocycles. The normalized spacial score (nSPS) is 13.7. The van der Waals surface area contributed by atoms with Crippen LogP contribution >= 0.6 is 0 Å². The second-order valence-corrected chi connectivity index (χ2v) is 10.6. The van der Waals surface area contributed by atoms with E-state index in [1.807, 2.05) is 0 Å². The molecule has 0 aliphatic carbocycles. The fraction of sp³-hybridized carbons (Fsp3) is 1.00. The van der Waals surface area contributed by atoms with E-state index in [2.05, 4.69) is 6.92 Å². The third-order valence-electron chi connectivity index (χ3n) is 5.94. The van der Waals surface area contributed by atoms with Crippen LogP contribution in [0.25, 0.3) is 0 Å². The summed E-state index contributed by atoms with van der Waals surface area (Å²) in [6, 6.07) is 0. The van der Waals surface area contributed by atoms with Crippen molar-refractivity contribution in [2.45, 2.75) is 154 Å². The van der Waals surface area contributed by atoms with Gasteiger partial charge >= 0.3 is 51.4 Å². The van der Waals surface area contributed by atoms with Crippen LogP contribution in [0.4, 0.5) is 0 Å². The predicted molar refractivity (Wildman–Crippen MR) is 123 cm³/mol. The number of aliphatic hydroxyl groups excluding tert-OH is 1. The van der Waals surface area contributed by atoms with E-state index in [0.717, 1.165) is 57.8 Å². The summed E-state index contributed by atoms with van der Waals surface area (Å²) in [5.74, 6) is 0. The Morgan fingerprint density at radius 2 is 0.933 bits per heavy atom. The van der Waals surface area contributed by atoms with Gasteiger partial charge in [0, 0.05) is 5.25 Å². The van der Waals surface area contributed by atoms with Gasteiger partial charge in [0.1, 0.15) is 0 Å². The molecule has 2 unspecified atom stereocenters. The Morgan fingerprint density at radius 1 is 0.633 bits per heavy atom. The van der Waals surface area contributed by atoms with Crippen LogP contribution in [0.1, 0.15) is 142 Å². The third-order valence-corrected chi connectivity index (χ3v) is 7.22. The first-order valence-corrected chi connectivity index (χ1v) is 14.0. The number of hydrogen-bond acceptors (Lipinski definition) is 4. The third kappa shape index (κ3) is 24.2. The van der Waals surface area contributed by atoms with Crippen molar-refractivity contribution in [3.8, 4) is 0 Å². The number of rotatable bonds is 22. The second-order valence-electron chi connectivity index (χ2n) is 8.99. The van der Waals surface area contributed by atoms with Crippen LogP contribution in [-0.2, 0) is 10.1 Å². The number of hydrogen-bond donors (Lipinski definition) is 1. The summed E-state index contributed by atoms with van der Waals surface area (Å²) < 4.78 is 34.6. The van der Waals surface area contributed by atoms with Gasteiger partial charge in [0.15, 0.2) is 0 Å². The van der Waals surface area contributed by atoms with E-state index in [1.165, 1.54) is 57.8 Å². The van der Waals surface area contributed by atoms with Gasteiger partial charge in [-0.05, 0) is 26.2 Å². The van der Waals surface area contributed by atoms with Gasteiger partial charge in [-0.1, -0.05) is 116 Å². The topological polar surface area (TPSA) is 77.4 Å². The Labute approximate surface area is 230 Å². The molecule has 0 spiro atoms. The molecule has 6 heteroatoms. The van der Waals surface area contributed by atoms with E-state index in [0.29, 0.717) is 12.8 Å². The molecule has 0 radical (unpaired) electrons. The fourth-order valence-corrected chi connectivity index (χ4v) is 4.90. The molecule has 0 saturated carbocycles. The first kappa shape index (κ1) is 33.7. The molecule has 30 heavy (non-hydrogen) atoms. The molecule has 0 amide bonds. The van der Waals surface area contributed by atoms with E-state index in [4.69, 9.17) is 0 Å². The van der Waals surface area contributed by atoms with Crippen molar-refractivity contribution in [3.05, 3.63) is 0 Å². The van der Waals surface area contributed by atoms with Gasteiger partial charge < -0.3 is 9.66 Å². The van der Waals surface area contributed by atoms with Crippen LogP contribution in [-0.4, -0.2) is 29.4 Å². The maximum absolute atomic E-state index is 11.5. The molecule has 0 aliphatic heterocycles. The molecular formula is C24H49KO4S. The monoisotopic (exact) mass is 472 g/mol. The van der Waals surface area contributed by atoms with Crippen LogP contribution < -0.4 is 51.4 Å². The summed E-state index contributed by atoms with van der Waals surface area (Å²) in [4.78, 5) is 0. The average Bonchev–Trinajstić information content (AvgIpc) is 2.65. The zero-order chi connectivity index (χ0) is 21.8. The minimum absolute atomic E-state index is 0. The zero-order valence-electron chi connectivity index (χ0n) is 20.4. The van der Waals surface area contributed by atoms with Crippen LogP contribution in [0, 0.1) is 0 Å². The zero-order valence-corrected chi connectivity index (χ0v) is 24.3. The van der Waals surface area contributed by atoms with E-state index >= 15 is 0 Å². The van der Waals surface area contributed by atoms with Crippen molar-refractivity contribution >= 4 is 10.1 Å². The van der Waals surface area contributed by atoms with Crippen molar-refractivity contribution in [2.75, 3.05) is 0 Å². The smallest absolute Gasteiger partial charge is 0.748 e. The van der Waals surface area contributed by atoms with Crippen LogP contribution in [0.2, 0.25) is 0 Å². The molecule has 0 heterocycles. The summed E-state index contributed by atoms with van der Waals surface area (Å²) in [5, 5.41) is 8.54. The van der Waals surface area contributed by atoms with Gasteiger partial charge in [-0.3, -0.25) is 0 Å². The van der Waals surface area contributed by atoms with Gasteiger partial charge in [-0.2, -0.15) is 0 Å². The summed E-state index contributed by atoms with van der Waals surface area (Å²) in [6.45, 7) is 4.05. The molecule has 0 saturated heterocycles. The molecule has 0 aromatic carbocycles. The van der Waals surface area contributed by atoms with Gasteiger partial charge in [0.25, 0.3) is 0 Å². The summed E-state index contributed by atoms with van der Waals surface area (Å²) in [6.07, 6.45) is 21.6. The molecule has 1 N–H and O–H groups in total. The molecule has 0 aromatic rings. The molecule has 176 valence electrons. The minimum atomic E-state index is -4.17. The molecular weight excluding hydrogens is 423 g/mol. The second kappa shape index (κ2) is 23.7. The summed E-state index contributed by atoms with van der Waals surface area (Å²) in [7, 11) is -4.17. The first-order valence-electron chi connectivity index (χ1n) is 12.5. The van der Waals surface area contributed by atoms with Crippen molar-refractivity contribution < 1.29 is 69.5 Å². The molecule has 0 bridgehead atoms. The van der Waals surface area contributed by atoms with E-state index in [1.54, 1.807) is 6.92 Å². The fourth-order valence-electron chi connectivity index (χ4n) is 3.99. The van der Waals surface area contributed by atoms with Crippen LogP contribution in [0.15, 0.2) is 0 Å². The van der Waals surface area contributed by atoms with Crippen molar-refractivity contribution in [1.29, 1.82) is 0 Å². The quantitative estimate of drug-likeness (QED) is 0.146. The van der Waals surface area contributed by atoms with Crippen LogP contribution in [0.3, 0.4) is 0 Å². The Morgan fingerprint density at radius 3 is 1.23 bits per heavy atom. The van der Waals surface area contributed by atoms with Gasteiger partial charge in [0.05, 0.1) is 16.2 Å². The van der Waals surface area contributed by atoms with E-state index in [9.17, 15) is 18.1 Å². The van der Waals surface area contributed by atoms with Crippen molar-refractivity contribution in [1.82, 2.24) is 0 Å². The van der Waals surface area contributed by atoms with Gasteiger partial charge in [-0.15, -0.1) is 0 Å². The van der Waals surface area contributed by atoms with E-state index in [-0.39, 0.29) is 57.5 Å². The Kier molecular flexibility index (Phi) is 26.6. The molecule has 0 fully saturated rings. The molecule has 4 nitrogen and oxygen atoms in total. The Bertz CT molecular complexity index is 440. The van der Waals surface area contributed by atoms with Gasteiger partial charge in [0.2, 0.25) is 0 Å². The van der Waals surface area contributed by atoms with Crippen molar-refractivity contribution in [3.63, 3.8) is 0 Å². The standard InChI is InChI=1S/C24H50O4S.K/c1-3-4-5-6-7-8-9-10-11-12-15-18-21-24(29(26,27)28)22-19-16-13-14-17-20-23(2)25;/h23-25H,3-22H2,1-2H3,(H,26,27,28);/q;+1/p-1.